The van der Waals surface area contributed by atoms with Gasteiger partial charge in [0.25, 0.3) is 0 Å². The maximum atomic E-state index is 4.37. The van der Waals surface area contributed by atoms with Crippen molar-refractivity contribution in [1.82, 2.24) is 19.7 Å². The summed E-state index contributed by atoms with van der Waals surface area (Å²) in [5, 5.41) is 4.37. The van der Waals surface area contributed by atoms with E-state index in [9.17, 15) is 0 Å². The highest BCUT2D eigenvalue weighted by molar-refractivity contribution is 9.10. The van der Waals surface area contributed by atoms with Gasteiger partial charge in [-0.2, -0.15) is 5.10 Å². The smallest absolute Gasteiger partial charge is 0.116 e. The Morgan fingerprint density at radius 2 is 2.15 bits per heavy atom. The van der Waals surface area contributed by atoms with Crippen LogP contribution >= 0.6 is 15.9 Å². The van der Waals surface area contributed by atoms with Crippen LogP contribution in [0.3, 0.4) is 0 Å². The largest absolute Gasteiger partial charge is 0.272 e. The van der Waals surface area contributed by atoms with Gasteiger partial charge in [-0.15, -0.1) is 0 Å². The molecule has 3 rings (SSSR count). The van der Waals surface area contributed by atoms with Crippen LogP contribution in [0.25, 0.3) is 11.3 Å². The molecule has 3 aromatic rings. The van der Waals surface area contributed by atoms with Crippen molar-refractivity contribution in [2.75, 3.05) is 0 Å². The molecule has 0 fully saturated rings. The zero-order chi connectivity index (χ0) is 13.8. The van der Waals surface area contributed by atoms with E-state index < -0.39 is 0 Å². The second-order valence-electron chi connectivity index (χ2n) is 4.47. The Kier molecular flexibility index (Phi) is 3.87. The molecule has 0 N–H and O–H groups in total. The molecule has 0 amide bonds. The van der Waals surface area contributed by atoms with Gasteiger partial charge in [0.2, 0.25) is 0 Å². The lowest BCUT2D eigenvalue weighted by Crippen LogP contribution is -2.01. The fourth-order valence-electron chi connectivity index (χ4n) is 2.02. The molecule has 0 aliphatic heterocycles. The molecule has 0 unspecified atom stereocenters. The lowest BCUT2D eigenvalue weighted by Gasteiger charge is -2.02. The molecule has 0 bridgehead atoms. The Hall–Kier alpha value is -2.01. The van der Waals surface area contributed by atoms with Crippen molar-refractivity contribution in [2.45, 2.75) is 13.0 Å². The fraction of sp³-hybridized carbons (Fsp3) is 0.133. The van der Waals surface area contributed by atoms with Gasteiger partial charge < -0.3 is 0 Å². The molecule has 0 spiro atoms. The molecule has 0 saturated carbocycles. The van der Waals surface area contributed by atoms with Crippen molar-refractivity contribution >= 4 is 15.9 Å². The highest BCUT2D eigenvalue weighted by Gasteiger charge is 2.03. The van der Waals surface area contributed by atoms with Gasteiger partial charge in [0, 0.05) is 29.0 Å². The van der Waals surface area contributed by atoms with Crippen LogP contribution in [0.15, 0.2) is 59.7 Å². The van der Waals surface area contributed by atoms with Crippen LogP contribution in [-0.4, -0.2) is 19.7 Å². The Labute approximate surface area is 125 Å². The van der Waals surface area contributed by atoms with Gasteiger partial charge in [-0.3, -0.25) is 4.68 Å². The molecule has 0 aliphatic rings. The Balaban J connectivity index is 1.69. The second kappa shape index (κ2) is 5.96. The minimum atomic E-state index is 0.849. The van der Waals surface area contributed by atoms with Gasteiger partial charge in [0.05, 0.1) is 11.9 Å². The normalized spacial score (nSPS) is 10.7. The third-order valence-corrected chi connectivity index (χ3v) is 3.52. The molecule has 0 radical (unpaired) electrons. The SMILES string of the molecule is Brc1cccc(CCn2cc(-c3ccncn3)cn2)c1. The summed E-state index contributed by atoms with van der Waals surface area (Å²) in [6.07, 6.45) is 8.09. The maximum Gasteiger partial charge on any atom is 0.116 e. The summed E-state index contributed by atoms with van der Waals surface area (Å²) in [6.45, 7) is 0.849. The van der Waals surface area contributed by atoms with Crippen LogP contribution in [0.4, 0.5) is 0 Å². The predicted molar refractivity (Wildman–Crippen MR) is 81.1 cm³/mol. The number of halogens is 1. The Morgan fingerprint density at radius 3 is 2.95 bits per heavy atom. The van der Waals surface area contributed by atoms with E-state index in [0.29, 0.717) is 0 Å². The van der Waals surface area contributed by atoms with Crippen molar-refractivity contribution in [3.63, 3.8) is 0 Å². The first-order chi connectivity index (χ1) is 9.81. The van der Waals surface area contributed by atoms with Crippen molar-refractivity contribution in [1.29, 1.82) is 0 Å². The summed E-state index contributed by atoms with van der Waals surface area (Å²) in [7, 11) is 0. The minimum Gasteiger partial charge on any atom is -0.272 e. The van der Waals surface area contributed by atoms with Crippen LogP contribution in [0.5, 0.6) is 0 Å². The standard InChI is InChI=1S/C15H13BrN4/c16-14-3-1-2-12(8-14)5-7-20-10-13(9-19-20)15-4-6-17-11-18-15/h1-4,6,8-11H,5,7H2. The van der Waals surface area contributed by atoms with E-state index in [4.69, 9.17) is 0 Å². The van der Waals surface area contributed by atoms with Crippen molar-refractivity contribution in [3.05, 3.63) is 65.3 Å². The number of hydrogen-bond donors (Lipinski definition) is 0. The zero-order valence-corrected chi connectivity index (χ0v) is 12.4. The quantitative estimate of drug-likeness (QED) is 0.737. The second-order valence-corrected chi connectivity index (χ2v) is 5.38. The van der Waals surface area contributed by atoms with Gasteiger partial charge in [0.1, 0.15) is 6.33 Å². The van der Waals surface area contributed by atoms with Gasteiger partial charge >= 0.3 is 0 Å². The summed E-state index contributed by atoms with van der Waals surface area (Å²) in [5.74, 6) is 0. The Morgan fingerprint density at radius 1 is 1.20 bits per heavy atom. The van der Waals surface area contributed by atoms with E-state index in [1.807, 2.05) is 29.2 Å². The molecule has 1 aromatic carbocycles. The van der Waals surface area contributed by atoms with E-state index in [-0.39, 0.29) is 0 Å². The van der Waals surface area contributed by atoms with Gasteiger partial charge in [0.15, 0.2) is 0 Å². The number of rotatable bonds is 4. The van der Waals surface area contributed by atoms with E-state index in [0.717, 1.165) is 28.7 Å². The van der Waals surface area contributed by atoms with Gasteiger partial charge in [-0.25, -0.2) is 9.97 Å². The molecule has 100 valence electrons. The maximum absolute atomic E-state index is 4.37. The molecule has 4 nitrogen and oxygen atoms in total. The van der Waals surface area contributed by atoms with E-state index in [1.165, 1.54) is 5.56 Å². The van der Waals surface area contributed by atoms with Crippen LogP contribution < -0.4 is 0 Å². The molecule has 5 heteroatoms. The average Bonchev–Trinajstić information content (AvgIpc) is 2.95. The van der Waals surface area contributed by atoms with Gasteiger partial charge in [-0.05, 0) is 30.2 Å². The number of benzene rings is 1. The monoisotopic (exact) mass is 328 g/mol. The first-order valence-electron chi connectivity index (χ1n) is 6.34. The minimum absolute atomic E-state index is 0.849. The molecule has 0 saturated heterocycles. The van der Waals surface area contributed by atoms with E-state index >= 15 is 0 Å². The lowest BCUT2D eigenvalue weighted by molar-refractivity contribution is 0.615. The number of aryl methyl sites for hydroxylation is 2. The number of aromatic nitrogens is 4. The lowest BCUT2D eigenvalue weighted by atomic mass is 10.1. The number of hydrogen-bond acceptors (Lipinski definition) is 3. The topological polar surface area (TPSA) is 43.6 Å². The van der Waals surface area contributed by atoms with Crippen LogP contribution in [0, 0.1) is 0 Å². The summed E-state index contributed by atoms with van der Waals surface area (Å²) in [6, 6.07) is 10.2. The highest BCUT2D eigenvalue weighted by atomic mass is 79.9. The van der Waals surface area contributed by atoms with Crippen LogP contribution in [0.2, 0.25) is 0 Å². The molecule has 0 aliphatic carbocycles. The Bertz CT molecular complexity index is 694. The van der Waals surface area contributed by atoms with Crippen molar-refractivity contribution < 1.29 is 0 Å². The first kappa shape index (κ1) is 13.0. The third-order valence-electron chi connectivity index (χ3n) is 3.03. The fourth-order valence-corrected chi connectivity index (χ4v) is 2.46. The molecule has 20 heavy (non-hydrogen) atoms. The first-order valence-corrected chi connectivity index (χ1v) is 7.14. The summed E-state index contributed by atoms with van der Waals surface area (Å²) < 4.78 is 3.05. The van der Waals surface area contributed by atoms with E-state index in [2.05, 4.69) is 49.2 Å². The summed E-state index contributed by atoms with van der Waals surface area (Å²) in [5.41, 5.74) is 3.20. The summed E-state index contributed by atoms with van der Waals surface area (Å²) in [4.78, 5) is 8.14. The third kappa shape index (κ3) is 3.11. The molecule has 2 aromatic heterocycles. The molecular weight excluding hydrogens is 316 g/mol. The highest BCUT2D eigenvalue weighted by Crippen LogP contribution is 2.15. The zero-order valence-electron chi connectivity index (χ0n) is 10.8. The molecular formula is C15H13BrN4. The molecule has 2 heterocycles. The number of nitrogens with zero attached hydrogens (tertiary/aromatic N) is 4. The summed E-state index contributed by atoms with van der Waals surface area (Å²) >= 11 is 3.49. The predicted octanol–water partition coefficient (Wildman–Crippen LogP) is 3.35. The van der Waals surface area contributed by atoms with Crippen LogP contribution in [-0.2, 0) is 13.0 Å². The van der Waals surface area contributed by atoms with Gasteiger partial charge in [-0.1, -0.05) is 28.1 Å². The average molecular weight is 329 g/mol. The van der Waals surface area contributed by atoms with Crippen LogP contribution in [0.1, 0.15) is 5.56 Å². The van der Waals surface area contributed by atoms with Crippen molar-refractivity contribution in [2.24, 2.45) is 0 Å². The molecule has 0 atom stereocenters. The van der Waals surface area contributed by atoms with E-state index in [1.54, 1.807) is 12.5 Å². The van der Waals surface area contributed by atoms with Crippen molar-refractivity contribution in [3.8, 4) is 11.3 Å².